The highest BCUT2D eigenvalue weighted by atomic mass is 32.1. The van der Waals surface area contributed by atoms with Gasteiger partial charge in [0.15, 0.2) is 0 Å². The van der Waals surface area contributed by atoms with Crippen LogP contribution in [0, 0.1) is 5.82 Å². The number of nitrogens with two attached hydrogens (primary N) is 1. The fourth-order valence-electron chi connectivity index (χ4n) is 2.06. The Balaban J connectivity index is 2.40. The zero-order valence-electron chi connectivity index (χ0n) is 11.8. The van der Waals surface area contributed by atoms with Gasteiger partial charge in [-0.25, -0.2) is 10.2 Å². The number of hydrogen-bond donors (Lipinski definition) is 2. The molecule has 2 aromatic rings. The number of benzene rings is 1. The van der Waals surface area contributed by atoms with E-state index >= 15 is 0 Å². The van der Waals surface area contributed by atoms with Crippen LogP contribution in [-0.2, 0) is 16.1 Å². The summed E-state index contributed by atoms with van der Waals surface area (Å²) in [5.41, 5.74) is 2.60. The van der Waals surface area contributed by atoms with Gasteiger partial charge in [0, 0.05) is 22.8 Å². The van der Waals surface area contributed by atoms with Crippen LogP contribution in [-0.4, -0.2) is 25.7 Å². The number of nitrogen functional groups attached to an aromatic ring is 1. The molecule has 3 N–H and O–H groups in total. The van der Waals surface area contributed by atoms with Gasteiger partial charge < -0.3 is 9.47 Å². The molecule has 114 valence electrons. The van der Waals surface area contributed by atoms with Crippen LogP contribution in [0.1, 0.15) is 22.2 Å². The van der Waals surface area contributed by atoms with Crippen molar-refractivity contribution in [2.45, 2.75) is 19.6 Å². The summed E-state index contributed by atoms with van der Waals surface area (Å²) in [5, 5.41) is 0.408. The molecule has 0 saturated heterocycles. The molecule has 0 saturated carbocycles. The number of methoxy groups -OCH3 is 1. The summed E-state index contributed by atoms with van der Waals surface area (Å²) >= 11 is 1.19. The van der Waals surface area contributed by atoms with Crippen molar-refractivity contribution in [2.24, 2.45) is 5.84 Å². The molecule has 7 heteroatoms. The van der Waals surface area contributed by atoms with Gasteiger partial charge in [-0.05, 0) is 19.1 Å². The van der Waals surface area contributed by atoms with Gasteiger partial charge in [0.1, 0.15) is 10.7 Å². The van der Waals surface area contributed by atoms with E-state index in [1.54, 1.807) is 19.2 Å². The zero-order valence-corrected chi connectivity index (χ0v) is 12.6. The van der Waals surface area contributed by atoms with E-state index in [-0.39, 0.29) is 18.5 Å². The number of amides is 1. The van der Waals surface area contributed by atoms with Crippen molar-refractivity contribution in [3.8, 4) is 0 Å². The van der Waals surface area contributed by atoms with Crippen molar-refractivity contribution in [2.75, 3.05) is 13.7 Å². The average Bonchev–Trinajstić information content (AvgIpc) is 2.84. The number of rotatable bonds is 6. The SMILES string of the molecule is COCC(C)OCc1c(C(=O)NN)sc2cccc(F)c12. The molecule has 0 fully saturated rings. The number of thiophene rings is 1. The van der Waals surface area contributed by atoms with Gasteiger partial charge in [-0.2, -0.15) is 0 Å². The zero-order chi connectivity index (χ0) is 15.4. The minimum Gasteiger partial charge on any atom is -0.382 e. The van der Waals surface area contributed by atoms with Crippen molar-refractivity contribution in [3.05, 3.63) is 34.5 Å². The molecule has 0 radical (unpaired) electrons. The highest BCUT2D eigenvalue weighted by Crippen LogP contribution is 2.33. The molecule has 1 aromatic heterocycles. The predicted octanol–water partition coefficient (Wildman–Crippen LogP) is 2.20. The second kappa shape index (κ2) is 6.95. The molecule has 0 spiro atoms. The average molecular weight is 312 g/mol. The second-order valence-corrected chi connectivity index (χ2v) is 5.63. The first-order valence-electron chi connectivity index (χ1n) is 6.39. The third kappa shape index (κ3) is 3.38. The Morgan fingerprint density at radius 3 is 2.95 bits per heavy atom. The first kappa shape index (κ1) is 15.8. The molecule has 1 amide bonds. The van der Waals surface area contributed by atoms with E-state index in [1.165, 1.54) is 17.4 Å². The fourth-order valence-corrected chi connectivity index (χ4v) is 3.19. The quantitative estimate of drug-likeness (QED) is 0.487. The fraction of sp³-hybridized carbons (Fsp3) is 0.357. The first-order valence-corrected chi connectivity index (χ1v) is 7.21. The summed E-state index contributed by atoms with van der Waals surface area (Å²) in [4.78, 5) is 12.2. The van der Waals surface area contributed by atoms with Crippen LogP contribution in [0.3, 0.4) is 0 Å². The van der Waals surface area contributed by atoms with E-state index in [0.29, 0.717) is 27.1 Å². The summed E-state index contributed by atoms with van der Waals surface area (Å²) in [6.07, 6.45) is -0.162. The van der Waals surface area contributed by atoms with Gasteiger partial charge in [-0.15, -0.1) is 11.3 Å². The molecule has 0 aliphatic carbocycles. The number of carbonyl (C=O) groups is 1. The van der Waals surface area contributed by atoms with E-state index in [9.17, 15) is 9.18 Å². The second-order valence-electron chi connectivity index (χ2n) is 4.57. The number of hydrazine groups is 1. The van der Waals surface area contributed by atoms with E-state index in [2.05, 4.69) is 5.43 Å². The van der Waals surface area contributed by atoms with Crippen LogP contribution in [0.15, 0.2) is 18.2 Å². The molecule has 0 aliphatic rings. The summed E-state index contributed by atoms with van der Waals surface area (Å²) < 4.78 is 25.4. The van der Waals surface area contributed by atoms with Crippen LogP contribution in [0.4, 0.5) is 4.39 Å². The Bertz CT molecular complexity index is 644. The monoisotopic (exact) mass is 312 g/mol. The van der Waals surface area contributed by atoms with Crippen LogP contribution in [0.2, 0.25) is 0 Å². The number of halogens is 1. The molecule has 21 heavy (non-hydrogen) atoms. The van der Waals surface area contributed by atoms with Crippen LogP contribution < -0.4 is 11.3 Å². The smallest absolute Gasteiger partial charge is 0.275 e. The molecule has 1 atom stereocenters. The molecular weight excluding hydrogens is 295 g/mol. The van der Waals surface area contributed by atoms with Crippen molar-refractivity contribution in [1.82, 2.24) is 5.43 Å². The van der Waals surface area contributed by atoms with Crippen molar-refractivity contribution >= 4 is 27.3 Å². The molecule has 1 aromatic carbocycles. The summed E-state index contributed by atoms with van der Waals surface area (Å²) in [6, 6.07) is 4.73. The Morgan fingerprint density at radius 2 is 2.29 bits per heavy atom. The topological polar surface area (TPSA) is 73.6 Å². The Hall–Kier alpha value is -1.54. The van der Waals surface area contributed by atoms with Crippen molar-refractivity contribution < 1.29 is 18.7 Å². The van der Waals surface area contributed by atoms with Gasteiger partial charge in [0.25, 0.3) is 5.91 Å². The number of hydrogen-bond acceptors (Lipinski definition) is 5. The lowest BCUT2D eigenvalue weighted by atomic mass is 10.1. The molecule has 1 unspecified atom stereocenters. The number of carbonyl (C=O) groups excluding carboxylic acids is 1. The maximum Gasteiger partial charge on any atom is 0.275 e. The van der Waals surface area contributed by atoms with Crippen LogP contribution in [0.5, 0.6) is 0 Å². The lowest BCUT2D eigenvalue weighted by Crippen LogP contribution is -2.30. The number of fused-ring (bicyclic) bond motifs is 1. The van der Waals surface area contributed by atoms with E-state index < -0.39 is 5.91 Å². The summed E-state index contributed by atoms with van der Waals surface area (Å²) in [6.45, 7) is 2.38. The highest BCUT2D eigenvalue weighted by Gasteiger charge is 2.20. The van der Waals surface area contributed by atoms with E-state index in [0.717, 1.165) is 0 Å². The van der Waals surface area contributed by atoms with Crippen LogP contribution in [0.25, 0.3) is 10.1 Å². The number of ether oxygens (including phenoxy) is 2. The normalized spacial score (nSPS) is 12.6. The van der Waals surface area contributed by atoms with E-state index in [1.807, 2.05) is 6.92 Å². The van der Waals surface area contributed by atoms with Gasteiger partial charge in [-0.1, -0.05) is 6.07 Å². The third-order valence-electron chi connectivity index (χ3n) is 3.01. The lowest BCUT2D eigenvalue weighted by Gasteiger charge is -2.12. The van der Waals surface area contributed by atoms with E-state index in [4.69, 9.17) is 15.3 Å². The van der Waals surface area contributed by atoms with Crippen molar-refractivity contribution in [1.29, 1.82) is 0 Å². The molecule has 2 rings (SSSR count). The van der Waals surface area contributed by atoms with Crippen molar-refractivity contribution in [3.63, 3.8) is 0 Å². The van der Waals surface area contributed by atoms with Gasteiger partial charge in [0.2, 0.25) is 0 Å². The Labute approximate surface area is 125 Å². The largest absolute Gasteiger partial charge is 0.382 e. The molecule has 1 heterocycles. The van der Waals surface area contributed by atoms with Gasteiger partial charge in [0.05, 0.1) is 19.3 Å². The first-order chi connectivity index (χ1) is 10.1. The standard InChI is InChI=1S/C14H17FN2O3S/c1-8(6-19-2)20-7-9-12-10(15)4-3-5-11(12)21-13(9)14(18)17-16/h3-5,8H,6-7,16H2,1-2H3,(H,17,18). The van der Waals surface area contributed by atoms with Gasteiger partial charge >= 0.3 is 0 Å². The number of nitrogens with one attached hydrogen (secondary N) is 1. The predicted molar refractivity (Wildman–Crippen MR) is 79.6 cm³/mol. The minimum atomic E-state index is -0.450. The molecule has 0 aliphatic heterocycles. The Morgan fingerprint density at radius 1 is 1.52 bits per heavy atom. The summed E-state index contributed by atoms with van der Waals surface area (Å²) in [5.74, 6) is 4.36. The highest BCUT2D eigenvalue weighted by molar-refractivity contribution is 7.21. The Kier molecular flexibility index (Phi) is 5.24. The summed E-state index contributed by atoms with van der Waals surface area (Å²) in [7, 11) is 1.58. The third-order valence-corrected chi connectivity index (χ3v) is 4.21. The minimum absolute atomic E-state index is 0.119. The van der Waals surface area contributed by atoms with Crippen LogP contribution >= 0.6 is 11.3 Å². The molecular formula is C14H17FN2O3S. The molecule has 5 nitrogen and oxygen atoms in total. The maximum atomic E-state index is 14.1. The maximum absolute atomic E-state index is 14.1. The van der Waals surface area contributed by atoms with Gasteiger partial charge in [-0.3, -0.25) is 10.2 Å². The lowest BCUT2D eigenvalue weighted by molar-refractivity contribution is 0.000150. The molecule has 0 bridgehead atoms.